The van der Waals surface area contributed by atoms with E-state index in [9.17, 15) is 22.4 Å². The molecule has 9 heteroatoms. The molecule has 5 nitrogen and oxygen atoms in total. The van der Waals surface area contributed by atoms with E-state index in [1.165, 1.54) is 0 Å². The maximum Gasteiger partial charge on any atom is 0.490 e. The first-order valence-electron chi connectivity index (χ1n) is 6.29. The Morgan fingerprint density at radius 1 is 1.19 bits per heavy atom. The monoisotopic (exact) mass is 316 g/mol. The molecule has 122 valence electrons. The lowest BCUT2D eigenvalue weighted by atomic mass is 9.96. The van der Waals surface area contributed by atoms with Crippen LogP contribution in [0.15, 0.2) is 0 Å². The second-order valence-electron chi connectivity index (χ2n) is 5.96. The first-order valence-corrected chi connectivity index (χ1v) is 6.29. The van der Waals surface area contributed by atoms with Crippen molar-refractivity contribution in [3.63, 3.8) is 0 Å². The molecule has 2 saturated heterocycles. The van der Waals surface area contributed by atoms with Crippen LogP contribution in [0.25, 0.3) is 0 Å². The van der Waals surface area contributed by atoms with Crippen molar-refractivity contribution in [3.8, 4) is 0 Å². The Morgan fingerprint density at radius 2 is 1.76 bits per heavy atom. The highest BCUT2D eigenvalue weighted by atomic mass is 19.4. The largest absolute Gasteiger partial charge is 0.490 e. The van der Waals surface area contributed by atoms with E-state index < -0.39 is 48.2 Å². The zero-order chi connectivity index (χ0) is 16.2. The maximum atomic E-state index is 14.3. The number of alkyl halides is 4. The van der Waals surface area contributed by atoms with Gasteiger partial charge in [-0.25, -0.2) is 9.18 Å². The van der Waals surface area contributed by atoms with Gasteiger partial charge in [0.25, 0.3) is 0 Å². The quantitative estimate of drug-likeness (QED) is 0.577. The van der Waals surface area contributed by atoms with Gasteiger partial charge in [0, 0.05) is 0 Å². The van der Waals surface area contributed by atoms with Gasteiger partial charge in [0.2, 0.25) is 0 Å². The zero-order valence-electron chi connectivity index (χ0n) is 11.9. The Hall–Kier alpha value is -0.930. The summed E-state index contributed by atoms with van der Waals surface area (Å²) in [4.78, 5) is 10.9. The lowest BCUT2D eigenvalue weighted by Gasteiger charge is -2.33. The summed E-state index contributed by atoms with van der Waals surface area (Å²) < 4.78 is 71.2. The summed E-state index contributed by atoms with van der Waals surface area (Å²) in [5.41, 5.74) is -1.83. The minimum atomic E-state index is -5.16. The predicted octanol–water partition coefficient (Wildman–Crippen LogP) is 2.08. The van der Waals surface area contributed by atoms with Crippen LogP contribution in [-0.2, 0) is 23.7 Å². The summed E-state index contributed by atoms with van der Waals surface area (Å²) in [5, 5.41) is 0. The third kappa shape index (κ3) is 3.14. The van der Waals surface area contributed by atoms with Crippen molar-refractivity contribution in [1.29, 1.82) is 0 Å². The van der Waals surface area contributed by atoms with Crippen LogP contribution in [0.3, 0.4) is 0 Å². The van der Waals surface area contributed by atoms with Gasteiger partial charge in [-0.1, -0.05) is 0 Å². The highest BCUT2D eigenvalue weighted by Crippen LogP contribution is 2.42. The molecule has 21 heavy (non-hydrogen) atoms. The van der Waals surface area contributed by atoms with Gasteiger partial charge in [0.15, 0.2) is 18.2 Å². The van der Waals surface area contributed by atoms with Crippen LogP contribution >= 0.6 is 0 Å². The van der Waals surface area contributed by atoms with E-state index in [0.717, 1.165) is 13.8 Å². The smallest absolute Gasteiger partial charge is 0.450 e. The Bertz CT molecular complexity index is 434. The molecule has 4 atom stereocenters. The molecule has 2 aliphatic rings. The highest BCUT2D eigenvalue weighted by Gasteiger charge is 2.60. The van der Waals surface area contributed by atoms with E-state index in [1.807, 2.05) is 0 Å². The molecule has 0 aliphatic carbocycles. The van der Waals surface area contributed by atoms with E-state index in [-0.39, 0.29) is 0 Å². The summed E-state index contributed by atoms with van der Waals surface area (Å²) in [6, 6.07) is 0. The van der Waals surface area contributed by atoms with E-state index >= 15 is 0 Å². The van der Waals surface area contributed by atoms with Gasteiger partial charge in [-0.2, -0.15) is 13.2 Å². The lowest BCUT2D eigenvalue weighted by Crippen LogP contribution is -2.49. The van der Waals surface area contributed by atoms with Gasteiger partial charge in [-0.05, 0) is 27.7 Å². The van der Waals surface area contributed by atoms with Crippen LogP contribution in [0.1, 0.15) is 27.7 Å². The van der Waals surface area contributed by atoms with Crippen molar-refractivity contribution in [2.24, 2.45) is 0 Å². The van der Waals surface area contributed by atoms with E-state index in [2.05, 4.69) is 4.74 Å². The van der Waals surface area contributed by atoms with Crippen molar-refractivity contribution in [1.82, 2.24) is 0 Å². The molecule has 2 heterocycles. The van der Waals surface area contributed by atoms with Crippen molar-refractivity contribution in [3.05, 3.63) is 0 Å². The molecule has 0 N–H and O–H groups in total. The number of carbonyl (C=O) groups excluding carboxylic acids is 1. The molecule has 0 aromatic carbocycles. The minimum absolute atomic E-state index is 1.04. The summed E-state index contributed by atoms with van der Waals surface area (Å²) in [6.07, 6.45) is -10.5. The van der Waals surface area contributed by atoms with Crippen molar-refractivity contribution >= 4 is 5.97 Å². The lowest BCUT2D eigenvalue weighted by molar-refractivity contribution is -0.247. The van der Waals surface area contributed by atoms with Crippen molar-refractivity contribution < 1.29 is 41.3 Å². The van der Waals surface area contributed by atoms with Crippen LogP contribution in [-0.4, -0.2) is 48.2 Å². The normalized spacial score (nSPS) is 35.6. The molecule has 2 aliphatic heterocycles. The van der Waals surface area contributed by atoms with Gasteiger partial charge >= 0.3 is 12.1 Å². The molecular weight excluding hydrogens is 300 g/mol. The SMILES string of the molecule is CC1(C)O[C@H]2O[C@H](C(C)(C)OC(=O)C(F)(F)F)[C@H](F)[C@H]2O1. The fraction of sp³-hybridized carbons (Fsp3) is 0.917. The molecule has 0 saturated carbocycles. The number of esters is 1. The predicted molar refractivity (Wildman–Crippen MR) is 59.8 cm³/mol. The maximum absolute atomic E-state index is 14.3. The van der Waals surface area contributed by atoms with Crippen LogP contribution in [0.2, 0.25) is 0 Å². The summed E-state index contributed by atoms with van der Waals surface area (Å²) in [6.45, 7) is 5.40. The third-order valence-electron chi connectivity index (χ3n) is 3.24. The molecule has 2 rings (SSSR count). The number of rotatable bonds is 2. The van der Waals surface area contributed by atoms with Gasteiger partial charge in [0.05, 0.1) is 0 Å². The molecule has 0 bridgehead atoms. The molecule has 0 spiro atoms. The highest BCUT2D eigenvalue weighted by molar-refractivity contribution is 5.76. The number of hydrogen-bond acceptors (Lipinski definition) is 5. The second kappa shape index (κ2) is 4.79. The van der Waals surface area contributed by atoms with E-state index in [0.29, 0.717) is 0 Å². The van der Waals surface area contributed by atoms with Crippen LogP contribution in [0.5, 0.6) is 0 Å². The van der Waals surface area contributed by atoms with Crippen molar-refractivity contribution in [2.75, 3.05) is 0 Å². The number of ether oxygens (including phenoxy) is 4. The average Bonchev–Trinajstić information content (AvgIpc) is 2.72. The number of hydrogen-bond donors (Lipinski definition) is 0. The first kappa shape index (κ1) is 16.4. The summed E-state index contributed by atoms with van der Waals surface area (Å²) in [7, 11) is 0. The van der Waals surface area contributed by atoms with Gasteiger partial charge < -0.3 is 18.9 Å². The number of carbonyl (C=O) groups is 1. The molecule has 0 aromatic heterocycles. The molecule has 2 fully saturated rings. The average molecular weight is 316 g/mol. The van der Waals surface area contributed by atoms with Crippen molar-refractivity contribution in [2.45, 2.75) is 69.9 Å². The second-order valence-corrected chi connectivity index (χ2v) is 5.96. The summed E-state index contributed by atoms with van der Waals surface area (Å²) in [5.74, 6) is -3.44. The van der Waals surface area contributed by atoms with Gasteiger partial charge in [-0.15, -0.1) is 0 Å². The third-order valence-corrected chi connectivity index (χ3v) is 3.24. The Balaban J connectivity index is 2.08. The Morgan fingerprint density at radius 3 is 2.24 bits per heavy atom. The topological polar surface area (TPSA) is 54.0 Å². The molecule has 0 radical (unpaired) electrons. The van der Waals surface area contributed by atoms with Crippen LogP contribution in [0, 0.1) is 0 Å². The van der Waals surface area contributed by atoms with Crippen LogP contribution in [0.4, 0.5) is 17.6 Å². The van der Waals surface area contributed by atoms with Crippen LogP contribution < -0.4 is 0 Å². The molecular formula is C12H16F4O5. The van der Waals surface area contributed by atoms with E-state index in [1.54, 1.807) is 13.8 Å². The fourth-order valence-corrected chi connectivity index (χ4v) is 2.37. The minimum Gasteiger partial charge on any atom is -0.450 e. The fourth-order valence-electron chi connectivity index (χ4n) is 2.37. The first-order chi connectivity index (χ1) is 9.33. The standard InChI is InChI=1S/C12H16F4O5/c1-10(2,21-9(17)12(14,15)16)7-5(13)6-8(18-7)20-11(3,4)19-6/h5-8H,1-4H3/t5-,6-,7+,8-/m1/s1. The van der Waals surface area contributed by atoms with Gasteiger partial charge in [0.1, 0.15) is 17.8 Å². The molecule has 0 unspecified atom stereocenters. The Labute approximate surface area is 118 Å². The van der Waals surface area contributed by atoms with Gasteiger partial charge in [-0.3, -0.25) is 0 Å². The zero-order valence-corrected chi connectivity index (χ0v) is 11.9. The van der Waals surface area contributed by atoms with E-state index in [4.69, 9.17) is 14.2 Å². The summed E-state index contributed by atoms with van der Waals surface area (Å²) >= 11 is 0. The Kier molecular flexibility index (Phi) is 3.75. The molecule has 0 aromatic rings. The molecule has 0 amide bonds. The number of halogens is 4. The number of fused-ring (bicyclic) bond motifs is 1.